The number of para-hydroxylation sites is 1. The van der Waals surface area contributed by atoms with Crippen molar-refractivity contribution in [2.45, 2.75) is 98.6 Å². The van der Waals surface area contributed by atoms with Crippen LogP contribution in [0, 0.1) is 0 Å². The van der Waals surface area contributed by atoms with Gasteiger partial charge in [0.05, 0.1) is 41.3 Å². The van der Waals surface area contributed by atoms with Crippen LogP contribution in [0.2, 0.25) is 0 Å². The number of carbonyl (C=O) groups is 2. The van der Waals surface area contributed by atoms with E-state index in [0.717, 1.165) is 69.6 Å². The number of hydrazone groups is 1. The maximum atomic E-state index is 13.7. The Morgan fingerprint density at radius 2 is 1.84 bits per heavy atom. The van der Waals surface area contributed by atoms with Crippen LogP contribution in [0.5, 0.6) is 11.5 Å². The summed E-state index contributed by atoms with van der Waals surface area (Å²) in [7, 11) is 0. The van der Waals surface area contributed by atoms with Crippen LogP contribution in [0.25, 0.3) is 22.3 Å². The van der Waals surface area contributed by atoms with E-state index in [2.05, 4.69) is 38.2 Å². The fourth-order valence-corrected chi connectivity index (χ4v) is 6.53. The van der Waals surface area contributed by atoms with Crippen molar-refractivity contribution in [3.63, 3.8) is 0 Å². The minimum atomic E-state index is -0.386. The lowest BCUT2D eigenvalue weighted by atomic mass is 9.93. The van der Waals surface area contributed by atoms with E-state index in [-0.39, 0.29) is 30.6 Å². The lowest BCUT2D eigenvalue weighted by Gasteiger charge is -2.17. The van der Waals surface area contributed by atoms with Gasteiger partial charge in [-0.15, -0.1) is 0 Å². The maximum absolute atomic E-state index is 13.7. The normalized spacial score (nSPS) is 12.7. The molecule has 1 amide bonds. The number of rotatable bonds is 18. The fraction of sp³-hybridized carbons (Fsp3) is 0.425. The topological polar surface area (TPSA) is 121 Å². The van der Waals surface area contributed by atoms with Gasteiger partial charge in [-0.05, 0) is 79.6 Å². The predicted octanol–water partition coefficient (Wildman–Crippen LogP) is 7.44. The van der Waals surface area contributed by atoms with Crippen molar-refractivity contribution in [2.75, 3.05) is 13.2 Å². The van der Waals surface area contributed by atoms with Gasteiger partial charge >= 0.3 is 0 Å². The highest BCUT2D eigenvalue weighted by atomic mass is 16.5. The Balaban J connectivity index is 1.29. The average molecular weight is 681 g/mol. The van der Waals surface area contributed by atoms with Crippen LogP contribution in [0.15, 0.2) is 58.4 Å². The quantitative estimate of drug-likeness (QED) is 0.0442. The number of nitrogens with zero attached hydrogens (tertiary/aromatic N) is 3. The summed E-state index contributed by atoms with van der Waals surface area (Å²) in [4.78, 5) is 42.5. The number of hydrogen-bond acceptors (Lipinski definition) is 8. The summed E-state index contributed by atoms with van der Waals surface area (Å²) >= 11 is 0. The highest BCUT2D eigenvalue weighted by molar-refractivity contribution is 6.01. The van der Waals surface area contributed by atoms with Gasteiger partial charge < -0.3 is 18.8 Å². The molecule has 4 aromatic rings. The number of hydrogen-bond donors (Lipinski definition) is 1. The zero-order valence-electron chi connectivity index (χ0n) is 29.8. The summed E-state index contributed by atoms with van der Waals surface area (Å²) in [6.07, 6.45) is 7.36. The largest absolute Gasteiger partial charge is 0.493 e. The molecule has 1 aliphatic rings. The van der Waals surface area contributed by atoms with E-state index in [4.69, 9.17) is 19.2 Å². The number of amides is 1. The van der Waals surface area contributed by atoms with Gasteiger partial charge in [0.15, 0.2) is 6.61 Å². The number of unbranched alkanes of at least 4 members (excludes halogenated alkanes) is 4. The molecule has 0 radical (unpaired) electrons. The SMILES string of the molecule is CCCCCCCOc1ccccc1/C(C)=N/NC(=O)COc1ccc2nc3c(c(CC)c2c1)Cn1c-3cc(C(C)CC)c(COC=O)c1=O. The molecular weight excluding hydrogens is 632 g/mol. The van der Waals surface area contributed by atoms with E-state index >= 15 is 0 Å². The number of aryl methyl sites for hydroxylation is 1. The first-order chi connectivity index (χ1) is 24.3. The van der Waals surface area contributed by atoms with Crippen molar-refractivity contribution in [3.8, 4) is 22.9 Å². The first kappa shape index (κ1) is 36.3. The zero-order chi connectivity index (χ0) is 35.6. The van der Waals surface area contributed by atoms with Crippen LogP contribution in [0.4, 0.5) is 0 Å². The Hall–Kier alpha value is -4.99. The molecule has 1 unspecified atom stereocenters. The third kappa shape index (κ3) is 8.07. The van der Waals surface area contributed by atoms with Crippen molar-refractivity contribution < 1.29 is 23.8 Å². The highest BCUT2D eigenvalue weighted by Gasteiger charge is 2.29. The molecule has 10 nitrogen and oxygen atoms in total. The monoisotopic (exact) mass is 680 g/mol. The van der Waals surface area contributed by atoms with Crippen molar-refractivity contribution >= 4 is 29.0 Å². The molecule has 0 saturated carbocycles. The molecule has 0 saturated heterocycles. The Morgan fingerprint density at radius 3 is 2.60 bits per heavy atom. The Morgan fingerprint density at radius 1 is 1.04 bits per heavy atom. The van der Waals surface area contributed by atoms with E-state index in [9.17, 15) is 14.4 Å². The molecule has 0 fully saturated rings. The smallest absolute Gasteiger partial charge is 0.293 e. The molecule has 10 heteroatoms. The summed E-state index contributed by atoms with van der Waals surface area (Å²) in [6.45, 7) is 11.4. The molecule has 2 aromatic heterocycles. The fourth-order valence-electron chi connectivity index (χ4n) is 6.53. The molecular formula is C40H48N4O6. The first-order valence-electron chi connectivity index (χ1n) is 17.8. The summed E-state index contributed by atoms with van der Waals surface area (Å²) in [5.41, 5.74) is 9.70. The first-order valence-corrected chi connectivity index (χ1v) is 17.8. The Labute approximate surface area is 293 Å². The second-order valence-corrected chi connectivity index (χ2v) is 12.8. The van der Waals surface area contributed by atoms with Gasteiger partial charge in [-0.2, -0.15) is 5.10 Å². The molecule has 3 heterocycles. The van der Waals surface area contributed by atoms with E-state index in [0.29, 0.717) is 43.1 Å². The molecule has 2 aromatic carbocycles. The van der Waals surface area contributed by atoms with Crippen molar-refractivity contribution in [3.05, 3.63) is 86.7 Å². The second kappa shape index (κ2) is 17.1. The van der Waals surface area contributed by atoms with Crippen LogP contribution < -0.4 is 20.5 Å². The van der Waals surface area contributed by atoms with E-state index in [1.165, 1.54) is 19.3 Å². The summed E-state index contributed by atoms with van der Waals surface area (Å²) in [5, 5.41) is 5.23. The molecule has 0 bridgehead atoms. The van der Waals surface area contributed by atoms with E-state index < -0.39 is 0 Å². The number of benzene rings is 2. The number of carbonyl (C=O) groups excluding carboxylic acids is 2. The molecule has 1 aliphatic heterocycles. The number of ether oxygens (including phenoxy) is 3. The van der Waals surface area contributed by atoms with Crippen molar-refractivity contribution in [1.29, 1.82) is 0 Å². The Bertz CT molecular complexity index is 1930. The lowest BCUT2D eigenvalue weighted by Crippen LogP contribution is -2.26. The number of fused-ring (bicyclic) bond motifs is 4. The molecule has 264 valence electrons. The molecule has 5 rings (SSSR count). The molecule has 1 N–H and O–H groups in total. The maximum Gasteiger partial charge on any atom is 0.293 e. The van der Waals surface area contributed by atoms with E-state index in [1.54, 1.807) is 10.6 Å². The third-order valence-electron chi connectivity index (χ3n) is 9.46. The van der Waals surface area contributed by atoms with E-state index in [1.807, 2.05) is 49.4 Å². The zero-order valence-corrected chi connectivity index (χ0v) is 29.8. The van der Waals surface area contributed by atoms with Crippen LogP contribution in [-0.2, 0) is 33.9 Å². The van der Waals surface area contributed by atoms with Gasteiger partial charge in [-0.25, -0.2) is 10.4 Å². The minimum absolute atomic E-state index is 0.0607. The van der Waals surface area contributed by atoms with Gasteiger partial charge in [0.1, 0.15) is 18.1 Å². The van der Waals surface area contributed by atoms with Gasteiger partial charge in [-0.1, -0.05) is 65.5 Å². The average Bonchev–Trinajstić information content (AvgIpc) is 3.50. The van der Waals surface area contributed by atoms with Gasteiger partial charge in [0.25, 0.3) is 17.9 Å². The van der Waals surface area contributed by atoms with Crippen molar-refractivity contribution in [1.82, 2.24) is 15.0 Å². The van der Waals surface area contributed by atoms with Gasteiger partial charge in [-0.3, -0.25) is 14.4 Å². The second-order valence-electron chi connectivity index (χ2n) is 12.8. The molecule has 1 atom stereocenters. The molecule has 0 spiro atoms. The number of aromatic nitrogens is 2. The summed E-state index contributed by atoms with van der Waals surface area (Å²) < 4.78 is 18.7. The van der Waals surface area contributed by atoms with Gasteiger partial charge in [0.2, 0.25) is 0 Å². The molecule has 50 heavy (non-hydrogen) atoms. The third-order valence-corrected chi connectivity index (χ3v) is 9.46. The summed E-state index contributed by atoms with van der Waals surface area (Å²) in [5.74, 6) is 1.000. The highest BCUT2D eigenvalue weighted by Crippen LogP contribution is 2.38. The van der Waals surface area contributed by atoms with Crippen LogP contribution in [-0.4, -0.2) is 40.9 Å². The Kier molecular flexibility index (Phi) is 12.4. The minimum Gasteiger partial charge on any atom is -0.493 e. The molecule has 0 aliphatic carbocycles. The van der Waals surface area contributed by atoms with Crippen LogP contribution in [0.1, 0.15) is 107 Å². The van der Waals surface area contributed by atoms with Crippen molar-refractivity contribution in [2.24, 2.45) is 5.10 Å². The number of pyridine rings is 2. The summed E-state index contributed by atoms with van der Waals surface area (Å²) in [6, 6.07) is 15.3. The predicted molar refractivity (Wildman–Crippen MR) is 196 cm³/mol. The number of nitrogens with one attached hydrogen (secondary N) is 1. The standard InChI is InChI=1S/C40H48N4O6/c1-6-9-10-11-14-19-49-37-16-13-12-15-30(37)27(5)42-43-38(46)24-50-28-17-18-35-32(20-28)29(8-3)33-22-44-36(39(33)41-35)21-31(26(4)7-2)34(40(44)47)23-48-25-45/h12-13,15-18,20-21,25-26H,6-11,14,19,22-24H2,1-5H3,(H,43,46)/b42-27+. The lowest BCUT2D eigenvalue weighted by molar-refractivity contribution is -0.129. The van der Waals surface area contributed by atoms with Crippen LogP contribution in [0.3, 0.4) is 0 Å². The van der Waals surface area contributed by atoms with Crippen LogP contribution >= 0.6 is 0 Å². The van der Waals surface area contributed by atoms with Gasteiger partial charge in [0, 0.05) is 16.5 Å².